The maximum atomic E-state index is 2.46. The first kappa shape index (κ1) is 6.45. The largest absolute Gasteiger partial charge is 0.0880 e. The molecule has 0 bridgehead atoms. The fourth-order valence-electron chi connectivity index (χ4n) is 2.61. The lowest BCUT2D eigenvalue weighted by atomic mass is 9.79. The average molecular weight is 136 g/mol. The van der Waals surface area contributed by atoms with Gasteiger partial charge in [-0.15, -0.1) is 0 Å². The summed E-state index contributed by atoms with van der Waals surface area (Å²) in [4.78, 5) is 0. The summed E-state index contributed by atoms with van der Waals surface area (Å²) in [5.74, 6) is 2.98. The van der Waals surface area contributed by atoms with Crippen LogP contribution in [0.15, 0.2) is 12.2 Å². The van der Waals surface area contributed by atoms with E-state index in [0.29, 0.717) is 0 Å². The van der Waals surface area contributed by atoms with Crippen LogP contribution in [-0.4, -0.2) is 0 Å². The topological polar surface area (TPSA) is 0 Å². The molecule has 0 amide bonds. The van der Waals surface area contributed by atoms with Gasteiger partial charge in [-0.05, 0) is 37.0 Å². The normalized spacial score (nSPS) is 45.5. The molecule has 2 aliphatic carbocycles. The maximum absolute atomic E-state index is 2.46. The maximum Gasteiger partial charge on any atom is -0.0202 e. The molecule has 0 aromatic heterocycles. The highest BCUT2D eigenvalue weighted by atomic mass is 14.4. The van der Waals surface area contributed by atoms with Crippen molar-refractivity contribution in [2.45, 2.75) is 32.6 Å². The van der Waals surface area contributed by atoms with Gasteiger partial charge >= 0.3 is 0 Å². The highest BCUT2D eigenvalue weighted by Crippen LogP contribution is 2.41. The molecule has 0 N–H and O–H groups in total. The zero-order chi connectivity index (χ0) is 6.97. The molecule has 0 aromatic rings. The van der Waals surface area contributed by atoms with Crippen molar-refractivity contribution < 1.29 is 0 Å². The van der Waals surface area contributed by atoms with Crippen LogP contribution in [0.5, 0.6) is 0 Å². The van der Waals surface area contributed by atoms with Gasteiger partial charge in [-0.3, -0.25) is 0 Å². The molecular formula is C10H16. The third-order valence-electron chi connectivity index (χ3n) is 3.25. The van der Waals surface area contributed by atoms with Crippen LogP contribution in [-0.2, 0) is 0 Å². The molecule has 0 heterocycles. The van der Waals surface area contributed by atoms with E-state index in [-0.39, 0.29) is 0 Å². The monoisotopic (exact) mass is 136 g/mol. The predicted octanol–water partition coefficient (Wildman–Crippen LogP) is 3.00. The Morgan fingerprint density at radius 2 is 2.20 bits per heavy atom. The first-order valence-electron chi connectivity index (χ1n) is 4.54. The number of hydrogen-bond donors (Lipinski definition) is 0. The summed E-state index contributed by atoms with van der Waals surface area (Å²) in [7, 11) is 0. The fourth-order valence-corrected chi connectivity index (χ4v) is 2.61. The Labute approximate surface area is 63.3 Å². The van der Waals surface area contributed by atoms with Crippen molar-refractivity contribution in [3.8, 4) is 0 Å². The molecule has 1 fully saturated rings. The van der Waals surface area contributed by atoms with Crippen LogP contribution < -0.4 is 0 Å². The molecule has 0 aromatic carbocycles. The van der Waals surface area contributed by atoms with Crippen LogP contribution in [0.3, 0.4) is 0 Å². The minimum absolute atomic E-state index is 0.962. The fraction of sp³-hybridized carbons (Fsp3) is 0.800. The van der Waals surface area contributed by atoms with Gasteiger partial charge in [0.2, 0.25) is 0 Å². The SMILES string of the molecule is CC1CC=CC2CCCC12. The second kappa shape index (κ2) is 2.41. The van der Waals surface area contributed by atoms with Crippen molar-refractivity contribution in [2.24, 2.45) is 17.8 Å². The molecule has 56 valence electrons. The Hall–Kier alpha value is -0.260. The average Bonchev–Trinajstić information content (AvgIpc) is 2.36. The van der Waals surface area contributed by atoms with Crippen molar-refractivity contribution in [3.05, 3.63) is 12.2 Å². The van der Waals surface area contributed by atoms with E-state index in [1.165, 1.54) is 25.7 Å². The van der Waals surface area contributed by atoms with Gasteiger partial charge in [0.15, 0.2) is 0 Å². The molecule has 0 spiro atoms. The predicted molar refractivity (Wildman–Crippen MR) is 43.8 cm³/mol. The molecule has 3 atom stereocenters. The van der Waals surface area contributed by atoms with E-state index in [9.17, 15) is 0 Å². The van der Waals surface area contributed by atoms with Gasteiger partial charge in [0.1, 0.15) is 0 Å². The summed E-state index contributed by atoms with van der Waals surface area (Å²) in [5, 5.41) is 0. The minimum atomic E-state index is 0.962. The van der Waals surface area contributed by atoms with Gasteiger partial charge in [-0.2, -0.15) is 0 Å². The van der Waals surface area contributed by atoms with Crippen LogP contribution in [0.1, 0.15) is 32.6 Å². The number of rotatable bonds is 0. The Balaban J connectivity index is 2.14. The van der Waals surface area contributed by atoms with Crippen LogP contribution in [0.4, 0.5) is 0 Å². The van der Waals surface area contributed by atoms with Crippen LogP contribution in [0, 0.1) is 17.8 Å². The lowest BCUT2D eigenvalue weighted by Gasteiger charge is -2.26. The second-order valence-corrected chi connectivity index (χ2v) is 3.90. The van der Waals surface area contributed by atoms with Gasteiger partial charge in [-0.1, -0.05) is 25.5 Å². The van der Waals surface area contributed by atoms with Crippen molar-refractivity contribution in [1.29, 1.82) is 0 Å². The molecule has 0 saturated heterocycles. The molecule has 3 unspecified atom stereocenters. The standard InChI is InChI=1S/C10H16/c1-8-4-2-5-9-6-3-7-10(8)9/h2,5,8-10H,3-4,6-7H2,1H3. The molecule has 2 aliphatic rings. The van der Waals surface area contributed by atoms with E-state index in [4.69, 9.17) is 0 Å². The van der Waals surface area contributed by atoms with E-state index < -0.39 is 0 Å². The Morgan fingerprint density at radius 1 is 1.30 bits per heavy atom. The Bertz CT molecular complexity index is 146. The Morgan fingerprint density at radius 3 is 3.00 bits per heavy atom. The van der Waals surface area contributed by atoms with Gasteiger partial charge in [0.25, 0.3) is 0 Å². The van der Waals surface area contributed by atoms with Gasteiger partial charge < -0.3 is 0 Å². The molecule has 0 aliphatic heterocycles. The molecule has 10 heavy (non-hydrogen) atoms. The van der Waals surface area contributed by atoms with Gasteiger partial charge in [0.05, 0.1) is 0 Å². The lowest BCUT2D eigenvalue weighted by Crippen LogP contribution is -2.17. The summed E-state index contributed by atoms with van der Waals surface area (Å²) >= 11 is 0. The quantitative estimate of drug-likeness (QED) is 0.449. The van der Waals surface area contributed by atoms with Crippen molar-refractivity contribution >= 4 is 0 Å². The third-order valence-corrected chi connectivity index (χ3v) is 3.25. The first-order chi connectivity index (χ1) is 4.88. The minimum Gasteiger partial charge on any atom is -0.0880 e. The summed E-state index contributed by atoms with van der Waals surface area (Å²) in [5.41, 5.74) is 0. The lowest BCUT2D eigenvalue weighted by molar-refractivity contribution is 0.303. The zero-order valence-corrected chi connectivity index (χ0v) is 6.72. The zero-order valence-electron chi connectivity index (χ0n) is 6.72. The van der Waals surface area contributed by atoms with Gasteiger partial charge in [0, 0.05) is 0 Å². The molecule has 2 rings (SSSR count). The van der Waals surface area contributed by atoms with E-state index in [1.54, 1.807) is 0 Å². The van der Waals surface area contributed by atoms with Crippen LogP contribution in [0.25, 0.3) is 0 Å². The van der Waals surface area contributed by atoms with Crippen molar-refractivity contribution in [1.82, 2.24) is 0 Å². The number of hydrogen-bond acceptors (Lipinski definition) is 0. The summed E-state index contributed by atoms with van der Waals surface area (Å²) in [6, 6.07) is 0. The summed E-state index contributed by atoms with van der Waals surface area (Å²) < 4.78 is 0. The van der Waals surface area contributed by atoms with Crippen LogP contribution >= 0.6 is 0 Å². The third kappa shape index (κ3) is 0.902. The van der Waals surface area contributed by atoms with Gasteiger partial charge in [-0.25, -0.2) is 0 Å². The number of allylic oxidation sites excluding steroid dienone is 2. The van der Waals surface area contributed by atoms with Crippen molar-refractivity contribution in [2.75, 3.05) is 0 Å². The number of fused-ring (bicyclic) bond motifs is 1. The molecular weight excluding hydrogens is 120 g/mol. The summed E-state index contributed by atoms with van der Waals surface area (Å²) in [6.07, 6.45) is 10.6. The second-order valence-electron chi connectivity index (χ2n) is 3.90. The van der Waals surface area contributed by atoms with E-state index in [1.807, 2.05) is 0 Å². The van der Waals surface area contributed by atoms with E-state index >= 15 is 0 Å². The molecule has 0 radical (unpaired) electrons. The van der Waals surface area contributed by atoms with Crippen molar-refractivity contribution in [3.63, 3.8) is 0 Å². The first-order valence-corrected chi connectivity index (χ1v) is 4.54. The van der Waals surface area contributed by atoms with Crippen LogP contribution in [0.2, 0.25) is 0 Å². The summed E-state index contributed by atoms with van der Waals surface area (Å²) in [6.45, 7) is 2.41. The molecule has 0 nitrogen and oxygen atoms in total. The molecule has 1 saturated carbocycles. The highest BCUT2D eigenvalue weighted by Gasteiger charge is 2.31. The Kier molecular flexibility index (Phi) is 1.55. The highest BCUT2D eigenvalue weighted by molar-refractivity contribution is 5.01. The smallest absolute Gasteiger partial charge is 0.0202 e. The van der Waals surface area contributed by atoms with E-state index in [2.05, 4.69) is 19.1 Å². The van der Waals surface area contributed by atoms with E-state index in [0.717, 1.165) is 17.8 Å². The molecule has 0 heteroatoms.